The topological polar surface area (TPSA) is 54.1 Å². The van der Waals surface area contributed by atoms with Crippen LogP contribution in [0.1, 0.15) is 12.1 Å². The molecule has 1 aromatic heterocycles. The van der Waals surface area contributed by atoms with Gasteiger partial charge in [-0.3, -0.25) is 9.58 Å². The molecule has 0 amide bonds. The van der Waals surface area contributed by atoms with Crippen molar-refractivity contribution in [2.24, 2.45) is 7.05 Å². The summed E-state index contributed by atoms with van der Waals surface area (Å²) in [5.41, 5.74) is 1.02. The zero-order valence-electron chi connectivity index (χ0n) is 9.89. The van der Waals surface area contributed by atoms with Crippen LogP contribution in [-0.4, -0.2) is 41.5 Å². The number of ether oxygens (including phenoxy) is 1. The lowest BCUT2D eigenvalue weighted by molar-refractivity contribution is 0.144. The average Bonchev–Trinajstić information content (AvgIpc) is 2.68. The molecule has 0 bridgehead atoms. The van der Waals surface area contributed by atoms with E-state index in [2.05, 4.69) is 16.1 Å². The Morgan fingerprint density at radius 1 is 1.56 bits per heavy atom. The van der Waals surface area contributed by atoms with Crippen molar-refractivity contribution in [1.82, 2.24) is 14.7 Å². The minimum Gasteiger partial charge on any atom is -0.383 e. The van der Waals surface area contributed by atoms with E-state index in [1.54, 1.807) is 11.8 Å². The van der Waals surface area contributed by atoms with Crippen molar-refractivity contribution in [3.63, 3.8) is 0 Å². The minimum atomic E-state index is 0.538. The third kappa shape index (κ3) is 4.43. The Morgan fingerprint density at radius 3 is 2.94 bits per heavy atom. The number of aromatic nitrogens is 2. The predicted octanol–water partition coefficient (Wildman–Crippen LogP) is 0.782. The molecular weight excluding hydrogens is 204 g/mol. The van der Waals surface area contributed by atoms with Gasteiger partial charge in [0, 0.05) is 46.4 Å². The lowest BCUT2D eigenvalue weighted by Gasteiger charge is -2.19. The van der Waals surface area contributed by atoms with E-state index in [4.69, 9.17) is 10.00 Å². The monoisotopic (exact) mass is 222 g/mol. The van der Waals surface area contributed by atoms with Crippen LogP contribution in [0.4, 0.5) is 0 Å². The van der Waals surface area contributed by atoms with Gasteiger partial charge in [-0.2, -0.15) is 10.4 Å². The third-order valence-electron chi connectivity index (χ3n) is 2.31. The molecule has 1 aromatic rings. The maximum Gasteiger partial charge on any atom is 0.0764 e. The summed E-state index contributed by atoms with van der Waals surface area (Å²) in [6.45, 7) is 3.04. The molecular formula is C11H18N4O. The Kier molecular flexibility index (Phi) is 5.54. The van der Waals surface area contributed by atoms with Gasteiger partial charge in [0.05, 0.1) is 18.4 Å². The van der Waals surface area contributed by atoms with E-state index in [9.17, 15) is 0 Å². The summed E-state index contributed by atoms with van der Waals surface area (Å²) in [5.74, 6) is 0. The molecule has 0 saturated heterocycles. The van der Waals surface area contributed by atoms with Crippen molar-refractivity contribution in [1.29, 1.82) is 5.26 Å². The average molecular weight is 222 g/mol. The van der Waals surface area contributed by atoms with Crippen molar-refractivity contribution in [3.05, 3.63) is 18.0 Å². The summed E-state index contributed by atoms with van der Waals surface area (Å²) in [7, 11) is 3.58. The van der Waals surface area contributed by atoms with Crippen LogP contribution in [0.5, 0.6) is 0 Å². The van der Waals surface area contributed by atoms with E-state index in [1.165, 1.54) is 0 Å². The Bertz CT molecular complexity index is 342. The van der Waals surface area contributed by atoms with Gasteiger partial charge in [0.25, 0.3) is 0 Å². The van der Waals surface area contributed by atoms with E-state index in [0.29, 0.717) is 13.0 Å². The van der Waals surface area contributed by atoms with Crippen LogP contribution in [-0.2, 0) is 18.3 Å². The van der Waals surface area contributed by atoms with Gasteiger partial charge in [0.2, 0.25) is 0 Å². The Labute approximate surface area is 96.2 Å². The predicted molar refractivity (Wildman–Crippen MR) is 60.6 cm³/mol. The maximum absolute atomic E-state index is 8.58. The summed E-state index contributed by atoms with van der Waals surface area (Å²) < 4.78 is 6.83. The number of methoxy groups -OCH3 is 1. The van der Waals surface area contributed by atoms with E-state index in [0.717, 1.165) is 25.3 Å². The first-order chi connectivity index (χ1) is 7.76. The molecule has 0 saturated carbocycles. The van der Waals surface area contributed by atoms with E-state index in [-0.39, 0.29) is 0 Å². The van der Waals surface area contributed by atoms with Gasteiger partial charge in [-0.25, -0.2) is 0 Å². The summed E-state index contributed by atoms with van der Waals surface area (Å²) >= 11 is 0. The molecule has 0 atom stereocenters. The molecule has 0 aliphatic carbocycles. The zero-order valence-corrected chi connectivity index (χ0v) is 9.89. The lowest BCUT2D eigenvalue weighted by Crippen LogP contribution is -2.28. The highest BCUT2D eigenvalue weighted by atomic mass is 16.5. The van der Waals surface area contributed by atoms with Crippen LogP contribution >= 0.6 is 0 Å². The van der Waals surface area contributed by atoms with Crippen molar-refractivity contribution in [3.8, 4) is 6.07 Å². The number of nitrogens with zero attached hydrogens (tertiary/aromatic N) is 4. The first-order valence-electron chi connectivity index (χ1n) is 5.33. The quantitative estimate of drug-likeness (QED) is 0.684. The second-order valence-electron chi connectivity index (χ2n) is 3.66. The minimum absolute atomic E-state index is 0.538. The van der Waals surface area contributed by atoms with Gasteiger partial charge >= 0.3 is 0 Å². The Balaban J connectivity index is 2.45. The highest BCUT2D eigenvalue weighted by Crippen LogP contribution is 2.02. The van der Waals surface area contributed by atoms with E-state index in [1.807, 2.05) is 19.3 Å². The van der Waals surface area contributed by atoms with Gasteiger partial charge < -0.3 is 4.74 Å². The first kappa shape index (κ1) is 12.7. The second kappa shape index (κ2) is 6.99. The number of aryl methyl sites for hydroxylation is 1. The van der Waals surface area contributed by atoms with Crippen LogP contribution in [0.2, 0.25) is 0 Å². The van der Waals surface area contributed by atoms with Crippen LogP contribution < -0.4 is 0 Å². The van der Waals surface area contributed by atoms with Crippen LogP contribution in [0.25, 0.3) is 0 Å². The molecule has 0 spiro atoms. The third-order valence-corrected chi connectivity index (χ3v) is 2.31. The van der Waals surface area contributed by atoms with Crippen molar-refractivity contribution >= 4 is 0 Å². The van der Waals surface area contributed by atoms with Crippen molar-refractivity contribution in [2.45, 2.75) is 13.0 Å². The summed E-state index contributed by atoms with van der Waals surface area (Å²) in [6.07, 6.45) is 2.46. The highest BCUT2D eigenvalue weighted by molar-refractivity contribution is 4.98. The SMILES string of the molecule is COCCN(CCC#N)Cc1ccn(C)n1. The van der Waals surface area contributed by atoms with Crippen LogP contribution in [0.15, 0.2) is 12.3 Å². The van der Waals surface area contributed by atoms with Crippen molar-refractivity contribution < 1.29 is 4.74 Å². The van der Waals surface area contributed by atoms with Gasteiger partial charge in [-0.1, -0.05) is 0 Å². The number of hydrogen-bond donors (Lipinski definition) is 0. The lowest BCUT2D eigenvalue weighted by atomic mass is 10.3. The fourth-order valence-electron chi connectivity index (χ4n) is 1.48. The van der Waals surface area contributed by atoms with Crippen LogP contribution in [0, 0.1) is 11.3 Å². The maximum atomic E-state index is 8.58. The van der Waals surface area contributed by atoms with Crippen LogP contribution in [0.3, 0.4) is 0 Å². The zero-order chi connectivity index (χ0) is 11.8. The largest absolute Gasteiger partial charge is 0.383 e. The fourth-order valence-corrected chi connectivity index (χ4v) is 1.48. The van der Waals surface area contributed by atoms with E-state index < -0.39 is 0 Å². The van der Waals surface area contributed by atoms with Gasteiger partial charge in [0.15, 0.2) is 0 Å². The highest BCUT2D eigenvalue weighted by Gasteiger charge is 2.07. The molecule has 0 aromatic carbocycles. The van der Waals surface area contributed by atoms with Gasteiger partial charge in [-0.15, -0.1) is 0 Å². The number of hydrogen-bond acceptors (Lipinski definition) is 4. The summed E-state index contributed by atoms with van der Waals surface area (Å²) in [4.78, 5) is 2.18. The Hall–Kier alpha value is -1.38. The molecule has 0 radical (unpaired) electrons. The standard InChI is InChI=1S/C11H18N4O/c1-14-7-4-11(13-14)10-15(6-3-5-12)8-9-16-2/h4,7H,3,6,8-10H2,1-2H3. The smallest absolute Gasteiger partial charge is 0.0764 e. The van der Waals surface area contributed by atoms with Gasteiger partial charge in [-0.05, 0) is 6.07 Å². The molecule has 0 aliphatic heterocycles. The molecule has 5 nitrogen and oxygen atoms in total. The molecule has 0 unspecified atom stereocenters. The van der Waals surface area contributed by atoms with Gasteiger partial charge in [0.1, 0.15) is 0 Å². The molecule has 5 heteroatoms. The van der Waals surface area contributed by atoms with Crippen molar-refractivity contribution in [2.75, 3.05) is 26.8 Å². The molecule has 0 aliphatic rings. The normalized spacial score (nSPS) is 10.6. The summed E-state index contributed by atoms with van der Waals surface area (Å²) in [6, 6.07) is 4.15. The molecule has 88 valence electrons. The Morgan fingerprint density at radius 2 is 2.38 bits per heavy atom. The number of rotatable bonds is 7. The summed E-state index contributed by atoms with van der Waals surface area (Å²) in [5, 5.41) is 12.9. The number of nitriles is 1. The van der Waals surface area contributed by atoms with E-state index >= 15 is 0 Å². The fraction of sp³-hybridized carbons (Fsp3) is 0.636. The molecule has 1 heterocycles. The molecule has 16 heavy (non-hydrogen) atoms. The second-order valence-corrected chi connectivity index (χ2v) is 3.66. The first-order valence-corrected chi connectivity index (χ1v) is 5.33. The molecule has 0 N–H and O–H groups in total. The molecule has 1 rings (SSSR count). The molecule has 0 fully saturated rings.